The summed E-state index contributed by atoms with van der Waals surface area (Å²) in [5, 5.41) is 8.63. The summed E-state index contributed by atoms with van der Waals surface area (Å²) in [6.07, 6.45) is 3.48. The van der Waals surface area contributed by atoms with Crippen molar-refractivity contribution in [2.24, 2.45) is 4.99 Å². The normalized spacial score (nSPS) is 12.1. The first-order chi connectivity index (χ1) is 7.63. The second-order valence-corrected chi connectivity index (χ2v) is 3.75. The highest BCUT2D eigenvalue weighted by Gasteiger charge is 1.94. The van der Waals surface area contributed by atoms with E-state index in [-0.39, 0.29) is 6.61 Å². The Labute approximate surface area is 96.7 Å². The van der Waals surface area contributed by atoms with Gasteiger partial charge in [-0.15, -0.1) is 0 Å². The van der Waals surface area contributed by atoms with Crippen LogP contribution in [0.5, 0.6) is 0 Å². The van der Waals surface area contributed by atoms with Crippen molar-refractivity contribution in [2.75, 3.05) is 25.6 Å². The summed E-state index contributed by atoms with van der Waals surface area (Å²) in [5.41, 5.74) is 2.96. The zero-order chi connectivity index (χ0) is 12.0. The van der Waals surface area contributed by atoms with Crippen molar-refractivity contribution in [3.05, 3.63) is 36.4 Å². The predicted molar refractivity (Wildman–Crippen MR) is 69.8 cm³/mol. The third-order valence-corrected chi connectivity index (χ3v) is 2.14. The first-order valence-corrected chi connectivity index (χ1v) is 5.23. The molecule has 0 bridgehead atoms. The monoisotopic (exact) mass is 218 g/mol. The Morgan fingerprint density at radius 1 is 1.31 bits per heavy atom. The van der Waals surface area contributed by atoms with Gasteiger partial charge in [-0.25, -0.2) is 0 Å². The Morgan fingerprint density at radius 2 is 1.94 bits per heavy atom. The zero-order valence-corrected chi connectivity index (χ0v) is 10.0. The van der Waals surface area contributed by atoms with Crippen LogP contribution in [0.1, 0.15) is 6.92 Å². The molecule has 0 aliphatic carbocycles. The highest BCUT2D eigenvalue weighted by molar-refractivity contribution is 5.94. The van der Waals surface area contributed by atoms with Crippen LogP contribution in [0.25, 0.3) is 0 Å². The maximum atomic E-state index is 8.63. The molecule has 0 atom stereocenters. The molecule has 0 saturated carbocycles. The van der Waals surface area contributed by atoms with Gasteiger partial charge in [0.2, 0.25) is 0 Å². The van der Waals surface area contributed by atoms with Crippen LogP contribution >= 0.6 is 0 Å². The third-order valence-electron chi connectivity index (χ3n) is 2.14. The van der Waals surface area contributed by atoms with Crippen molar-refractivity contribution < 1.29 is 5.11 Å². The van der Waals surface area contributed by atoms with Crippen molar-refractivity contribution in [3.63, 3.8) is 0 Å². The second kappa shape index (κ2) is 6.08. The minimum absolute atomic E-state index is 0.0480. The molecule has 3 heteroatoms. The first-order valence-electron chi connectivity index (χ1n) is 5.23. The van der Waals surface area contributed by atoms with E-state index in [4.69, 9.17) is 5.11 Å². The lowest BCUT2D eigenvalue weighted by Gasteiger charge is -2.11. The Bertz CT molecular complexity index is 377. The molecule has 3 nitrogen and oxygen atoms in total. The molecule has 0 aromatic heterocycles. The molecule has 1 rings (SSSR count). The Hall–Kier alpha value is -1.61. The summed E-state index contributed by atoms with van der Waals surface area (Å²) < 4.78 is 0. The van der Waals surface area contributed by atoms with Gasteiger partial charge in [-0.1, -0.05) is 6.08 Å². The summed E-state index contributed by atoms with van der Waals surface area (Å²) in [6.45, 7) is 1.96. The van der Waals surface area contributed by atoms with Crippen LogP contribution in [0, 0.1) is 0 Å². The molecule has 86 valence electrons. The van der Waals surface area contributed by atoms with Crippen molar-refractivity contribution in [1.29, 1.82) is 0 Å². The largest absolute Gasteiger partial charge is 0.392 e. The Kier molecular flexibility index (Phi) is 4.73. The van der Waals surface area contributed by atoms with Crippen molar-refractivity contribution in [3.8, 4) is 0 Å². The van der Waals surface area contributed by atoms with Gasteiger partial charge < -0.3 is 10.0 Å². The lowest BCUT2D eigenvalue weighted by atomic mass is 10.2. The minimum Gasteiger partial charge on any atom is -0.392 e. The molecule has 1 N–H and O–H groups in total. The Morgan fingerprint density at radius 3 is 2.44 bits per heavy atom. The molecule has 1 aromatic carbocycles. The van der Waals surface area contributed by atoms with E-state index in [2.05, 4.69) is 4.99 Å². The summed E-state index contributed by atoms with van der Waals surface area (Å²) in [4.78, 5) is 6.44. The first kappa shape index (κ1) is 12.5. The minimum atomic E-state index is 0.0480. The van der Waals surface area contributed by atoms with Gasteiger partial charge in [0, 0.05) is 25.5 Å². The highest BCUT2D eigenvalue weighted by Crippen LogP contribution is 2.18. The van der Waals surface area contributed by atoms with Crippen LogP contribution in [0.15, 0.2) is 41.4 Å². The van der Waals surface area contributed by atoms with Crippen LogP contribution < -0.4 is 4.90 Å². The van der Waals surface area contributed by atoms with Crippen molar-refractivity contribution in [2.45, 2.75) is 6.92 Å². The molecule has 0 spiro atoms. The standard InChI is InChI=1S/C13H18N2O/c1-11(5-4-10-16)14-12-6-8-13(9-7-12)15(2)3/h4-9,16H,10H2,1-3H3/b5-4+,14-11?. The molecule has 0 aliphatic heterocycles. The molecule has 0 unspecified atom stereocenters. The lowest BCUT2D eigenvalue weighted by molar-refractivity contribution is 0.343. The van der Waals surface area contributed by atoms with Crippen LogP contribution in [0.3, 0.4) is 0 Å². The van der Waals surface area contributed by atoms with E-state index >= 15 is 0 Å². The molecule has 0 saturated heterocycles. The zero-order valence-electron chi connectivity index (χ0n) is 10.0. The maximum Gasteiger partial charge on any atom is 0.0634 e. The molecule has 0 fully saturated rings. The van der Waals surface area contributed by atoms with Gasteiger partial charge in [0.25, 0.3) is 0 Å². The fourth-order valence-corrected chi connectivity index (χ4v) is 1.29. The molecule has 1 aromatic rings. The van der Waals surface area contributed by atoms with E-state index in [0.717, 1.165) is 17.1 Å². The molecule has 0 radical (unpaired) electrons. The van der Waals surface area contributed by atoms with Gasteiger partial charge in [0.15, 0.2) is 0 Å². The van der Waals surface area contributed by atoms with E-state index in [1.165, 1.54) is 0 Å². The Balaban J connectivity index is 2.78. The average Bonchev–Trinajstić information content (AvgIpc) is 2.27. The van der Waals surface area contributed by atoms with E-state index < -0.39 is 0 Å². The van der Waals surface area contributed by atoms with Gasteiger partial charge in [0.1, 0.15) is 0 Å². The van der Waals surface area contributed by atoms with Crippen molar-refractivity contribution >= 4 is 17.1 Å². The van der Waals surface area contributed by atoms with Gasteiger partial charge in [-0.3, -0.25) is 4.99 Å². The number of hydrogen-bond acceptors (Lipinski definition) is 3. The highest BCUT2D eigenvalue weighted by atomic mass is 16.2. The van der Waals surface area contributed by atoms with Gasteiger partial charge in [-0.2, -0.15) is 0 Å². The van der Waals surface area contributed by atoms with Gasteiger partial charge in [0.05, 0.1) is 12.3 Å². The maximum absolute atomic E-state index is 8.63. The van der Waals surface area contributed by atoms with Crippen LogP contribution in [0.4, 0.5) is 11.4 Å². The van der Waals surface area contributed by atoms with E-state index in [1.807, 2.05) is 50.2 Å². The number of aliphatic hydroxyl groups excluding tert-OH is 1. The predicted octanol–water partition coefficient (Wildman–Crippen LogP) is 2.39. The van der Waals surface area contributed by atoms with E-state index in [1.54, 1.807) is 12.2 Å². The van der Waals surface area contributed by atoms with Gasteiger partial charge >= 0.3 is 0 Å². The number of benzene rings is 1. The molecular formula is C13H18N2O. The number of nitrogens with zero attached hydrogens (tertiary/aromatic N) is 2. The summed E-state index contributed by atoms with van der Waals surface area (Å²) >= 11 is 0. The second-order valence-electron chi connectivity index (χ2n) is 3.75. The van der Waals surface area contributed by atoms with Gasteiger partial charge in [-0.05, 0) is 37.3 Å². The number of allylic oxidation sites excluding steroid dienone is 1. The quantitative estimate of drug-likeness (QED) is 0.788. The number of rotatable bonds is 4. The van der Waals surface area contributed by atoms with E-state index in [9.17, 15) is 0 Å². The molecule has 0 heterocycles. The van der Waals surface area contributed by atoms with E-state index in [0.29, 0.717) is 0 Å². The fraction of sp³-hybridized carbons (Fsp3) is 0.308. The summed E-state index contributed by atoms with van der Waals surface area (Å²) in [6, 6.07) is 8.01. The smallest absolute Gasteiger partial charge is 0.0634 e. The van der Waals surface area contributed by atoms with Crippen LogP contribution in [0.2, 0.25) is 0 Å². The number of aliphatic hydroxyl groups is 1. The number of anilines is 1. The number of aliphatic imine (C=N–C) groups is 1. The third kappa shape index (κ3) is 3.87. The summed E-state index contributed by atoms with van der Waals surface area (Å²) in [5.74, 6) is 0. The molecule has 0 aliphatic rings. The molecule has 16 heavy (non-hydrogen) atoms. The van der Waals surface area contributed by atoms with Crippen molar-refractivity contribution in [1.82, 2.24) is 0 Å². The SMILES string of the molecule is CC(/C=C/CO)=Nc1ccc(N(C)C)cc1. The van der Waals surface area contributed by atoms with Crippen LogP contribution in [-0.4, -0.2) is 31.5 Å². The molecular weight excluding hydrogens is 200 g/mol. The molecule has 0 amide bonds. The number of hydrogen-bond donors (Lipinski definition) is 1. The van der Waals surface area contributed by atoms with Crippen LogP contribution in [-0.2, 0) is 0 Å². The summed E-state index contributed by atoms with van der Waals surface area (Å²) in [7, 11) is 4.01. The fourth-order valence-electron chi connectivity index (χ4n) is 1.29. The lowest BCUT2D eigenvalue weighted by Crippen LogP contribution is -2.07. The average molecular weight is 218 g/mol. The topological polar surface area (TPSA) is 35.8 Å².